The SMILES string of the molecule is CS(=O)(=O)c1cccnc1N1C2CC1CN(Cc1ncccc1F)C2. The summed E-state index contributed by atoms with van der Waals surface area (Å²) in [5, 5.41) is 0. The molecule has 5 heterocycles. The molecule has 0 aliphatic carbocycles. The van der Waals surface area contributed by atoms with Crippen molar-refractivity contribution >= 4 is 15.7 Å². The Balaban J connectivity index is 1.53. The molecule has 25 heavy (non-hydrogen) atoms. The molecule has 0 radical (unpaired) electrons. The summed E-state index contributed by atoms with van der Waals surface area (Å²) in [4.78, 5) is 13.0. The van der Waals surface area contributed by atoms with Gasteiger partial charge in [-0.15, -0.1) is 0 Å². The van der Waals surface area contributed by atoms with Gasteiger partial charge in [-0.05, 0) is 30.7 Å². The van der Waals surface area contributed by atoms with Crippen molar-refractivity contribution in [3.8, 4) is 0 Å². The average Bonchev–Trinajstić information content (AvgIpc) is 2.56. The first-order valence-electron chi connectivity index (χ1n) is 8.18. The molecule has 3 aliphatic heterocycles. The molecule has 0 saturated carbocycles. The molecule has 0 aromatic carbocycles. The van der Waals surface area contributed by atoms with Crippen LogP contribution in [0.4, 0.5) is 10.2 Å². The van der Waals surface area contributed by atoms with Crippen LogP contribution in [0.5, 0.6) is 0 Å². The number of rotatable bonds is 4. The van der Waals surface area contributed by atoms with Gasteiger partial charge in [-0.25, -0.2) is 17.8 Å². The zero-order chi connectivity index (χ0) is 17.6. The third-order valence-corrected chi connectivity index (χ3v) is 5.99. The third kappa shape index (κ3) is 3.00. The summed E-state index contributed by atoms with van der Waals surface area (Å²) >= 11 is 0. The molecule has 2 bridgehead atoms. The van der Waals surface area contributed by atoms with Gasteiger partial charge in [0.25, 0.3) is 0 Å². The maximum absolute atomic E-state index is 13.8. The van der Waals surface area contributed by atoms with Gasteiger partial charge in [0.05, 0.1) is 5.69 Å². The van der Waals surface area contributed by atoms with E-state index < -0.39 is 9.84 Å². The quantitative estimate of drug-likeness (QED) is 0.821. The van der Waals surface area contributed by atoms with E-state index in [0.29, 0.717) is 18.1 Å². The van der Waals surface area contributed by atoms with Crippen molar-refractivity contribution in [2.75, 3.05) is 24.2 Å². The highest BCUT2D eigenvalue weighted by Gasteiger charge is 2.46. The highest BCUT2D eigenvalue weighted by molar-refractivity contribution is 7.90. The van der Waals surface area contributed by atoms with Gasteiger partial charge in [0, 0.05) is 50.4 Å². The lowest BCUT2D eigenvalue weighted by Gasteiger charge is -2.57. The number of piperazine rings is 1. The van der Waals surface area contributed by atoms with Crippen molar-refractivity contribution in [1.29, 1.82) is 0 Å². The van der Waals surface area contributed by atoms with Gasteiger partial charge in [-0.2, -0.15) is 0 Å². The summed E-state index contributed by atoms with van der Waals surface area (Å²) in [6, 6.07) is 6.65. The lowest BCUT2D eigenvalue weighted by atomic mass is 9.87. The first kappa shape index (κ1) is 16.4. The van der Waals surface area contributed by atoms with Crippen molar-refractivity contribution in [1.82, 2.24) is 14.9 Å². The van der Waals surface area contributed by atoms with E-state index in [0.717, 1.165) is 19.5 Å². The summed E-state index contributed by atoms with van der Waals surface area (Å²) < 4.78 is 37.9. The molecule has 0 N–H and O–H groups in total. The molecular formula is C17H19FN4O2S. The molecule has 0 spiro atoms. The van der Waals surface area contributed by atoms with Crippen LogP contribution in [0, 0.1) is 5.82 Å². The largest absolute Gasteiger partial charge is 0.347 e. The minimum Gasteiger partial charge on any atom is -0.347 e. The number of nitrogens with zero attached hydrogens (tertiary/aromatic N) is 4. The van der Waals surface area contributed by atoms with Gasteiger partial charge < -0.3 is 4.90 Å². The first-order valence-corrected chi connectivity index (χ1v) is 10.1. The Hall–Kier alpha value is -2.06. The van der Waals surface area contributed by atoms with E-state index in [-0.39, 0.29) is 22.8 Å². The molecule has 3 aliphatic rings. The number of pyridine rings is 2. The lowest BCUT2D eigenvalue weighted by molar-refractivity contribution is 0.105. The number of hydrogen-bond donors (Lipinski definition) is 0. The maximum Gasteiger partial charge on any atom is 0.179 e. The summed E-state index contributed by atoms with van der Waals surface area (Å²) in [7, 11) is -3.33. The summed E-state index contributed by atoms with van der Waals surface area (Å²) in [6.07, 6.45) is 5.43. The summed E-state index contributed by atoms with van der Waals surface area (Å²) in [5.74, 6) is 0.248. The van der Waals surface area contributed by atoms with E-state index in [4.69, 9.17) is 0 Å². The van der Waals surface area contributed by atoms with Gasteiger partial charge in [0.1, 0.15) is 16.5 Å². The topological polar surface area (TPSA) is 66.4 Å². The fourth-order valence-corrected chi connectivity index (χ4v) is 4.60. The minimum absolute atomic E-state index is 0.195. The molecule has 6 nitrogen and oxygen atoms in total. The Kier molecular flexibility index (Phi) is 3.96. The molecule has 5 rings (SSSR count). The summed E-state index contributed by atoms with van der Waals surface area (Å²) in [6.45, 7) is 1.95. The fourth-order valence-electron chi connectivity index (χ4n) is 3.78. The summed E-state index contributed by atoms with van der Waals surface area (Å²) in [5.41, 5.74) is 0.449. The van der Waals surface area contributed by atoms with E-state index in [1.807, 2.05) is 0 Å². The Morgan fingerprint density at radius 2 is 1.84 bits per heavy atom. The molecule has 3 fully saturated rings. The van der Waals surface area contributed by atoms with Crippen molar-refractivity contribution < 1.29 is 12.8 Å². The second-order valence-corrected chi connectivity index (χ2v) is 8.66. The van der Waals surface area contributed by atoms with Crippen LogP contribution in [0.15, 0.2) is 41.6 Å². The minimum atomic E-state index is -3.33. The molecule has 2 unspecified atom stereocenters. The zero-order valence-corrected chi connectivity index (χ0v) is 14.7. The number of hydrogen-bond acceptors (Lipinski definition) is 6. The Labute approximate surface area is 146 Å². The highest BCUT2D eigenvalue weighted by atomic mass is 32.2. The second kappa shape index (κ2) is 6.03. The van der Waals surface area contributed by atoms with Crippen LogP contribution < -0.4 is 4.90 Å². The molecule has 0 amide bonds. The van der Waals surface area contributed by atoms with E-state index in [1.54, 1.807) is 30.6 Å². The Morgan fingerprint density at radius 3 is 2.52 bits per heavy atom. The van der Waals surface area contributed by atoms with Crippen molar-refractivity contribution in [3.63, 3.8) is 0 Å². The van der Waals surface area contributed by atoms with Crippen LogP contribution in [-0.2, 0) is 16.4 Å². The molecule has 132 valence electrons. The smallest absolute Gasteiger partial charge is 0.179 e. The molecule has 3 saturated heterocycles. The lowest BCUT2D eigenvalue weighted by Crippen LogP contribution is -2.69. The van der Waals surface area contributed by atoms with Crippen LogP contribution in [0.25, 0.3) is 0 Å². The maximum atomic E-state index is 13.8. The number of anilines is 1. The molecule has 2 aromatic rings. The number of halogens is 1. The second-order valence-electron chi connectivity index (χ2n) is 6.67. The number of piperidine rings is 1. The monoisotopic (exact) mass is 362 g/mol. The van der Waals surface area contributed by atoms with Crippen LogP contribution in [0.3, 0.4) is 0 Å². The van der Waals surface area contributed by atoms with E-state index in [9.17, 15) is 12.8 Å². The Morgan fingerprint density at radius 1 is 1.16 bits per heavy atom. The third-order valence-electron chi connectivity index (χ3n) is 4.87. The number of fused-ring (bicyclic) bond motifs is 2. The van der Waals surface area contributed by atoms with Crippen LogP contribution in [0.2, 0.25) is 0 Å². The number of sulfone groups is 1. The highest BCUT2D eigenvalue weighted by Crippen LogP contribution is 2.39. The average molecular weight is 362 g/mol. The standard InChI is InChI=1S/C17H19FN4O2S/c1-25(23,24)16-5-3-7-20-17(16)22-12-8-13(22)10-21(9-12)11-15-14(18)4-2-6-19-15/h2-7,12-13H,8-11H2,1H3. The van der Waals surface area contributed by atoms with Crippen molar-refractivity contribution in [2.24, 2.45) is 0 Å². The fraction of sp³-hybridized carbons (Fsp3) is 0.412. The van der Waals surface area contributed by atoms with Crippen LogP contribution in [-0.4, -0.2) is 54.7 Å². The van der Waals surface area contributed by atoms with Crippen LogP contribution >= 0.6 is 0 Å². The van der Waals surface area contributed by atoms with Gasteiger partial charge in [-0.1, -0.05) is 0 Å². The van der Waals surface area contributed by atoms with Gasteiger partial charge in [0.15, 0.2) is 9.84 Å². The van der Waals surface area contributed by atoms with Crippen molar-refractivity contribution in [2.45, 2.75) is 29.9 Å². The van der Waals surface area contributed by atoms with Gasteiger partial charge >= 0.3 is 0 Å². The predicted molar refractivity (Wildman–Crippen MR) is 91.5 cm³/mol. The van der Waals surface area contributed by atoms with Gasteiger partial charge in [-0.3, -0.25) is 9.88 Å². The van der Waals surface area contributed by atoms with E-state index in [2.05, 4.69) is 19.8 Å². The normalized spacial score (nSPS) is 23.4. The molecule has 8 heteroatoms. The van der Waals surface area contributed by atoms with E-state index in [1.165, 1.54) is 12.3 Å². The van der Waals surface area contributed by atoms with Crippen molar-refractivity contribution in [3.05, 3.63) is 48.2 Å². The number of aromatic nitrogens is 2. The predicted octanol–water partition coefficient (Wildman–Crippen LogP) is 1.48. The van der Waals surface area contributed by atoms with Crippen LogP contribution in [0.1, 0.15) is 12.1 Å². The molecule has 2 aromatic heterocycles. The molecular weight excluding hydrogens is 343 g/mol. The first-order chi connectivity index (χ1) is 11.9. The molecule has 2 atom stereocenters. The van der Waals surface area contributed by atoms with Gasteiger partial charge in [0.2, 0.25) is 0 Å². The van der Waals surface area contributed by atoms with E-state index >= 15 is 0 Å². The zero-order valence-electron chi connectivity index (χ0n) is 13.8. The Bertz CT molecular complexity index is 893.